The number of benzene rings is 1. The van der Waals surface area contributed by atoms with Crippen LogP contribution in [0.2, 0.25) is 0 Å². The maximum atomic E-state index is 3.69. The Balaban J connectivity index is 1.86. The molecule has 1 aromatic heterocycles. The van der Waals surface area contributed by atoms with Crippen molar-refractivity contribution >= 4 is 10.9 Å². The number of nitrogens with two attached hydrogens (primary N) is 1. The molecular weight excluding hydrogens is 244 g/mol. The summed E-state index contributed by atoms with van der Waals surface area (Å²) in [6, 6.07) is 10.2. The topological polar surface area (TPSA) is 32.4 Å². The molecule has 2 aliphatic rings. The summed E-state index contributed by atoms with van der Waals surface area (Å²) < 4.78 is 0. The normalized spacial score (nSPS) is 31.9. The van der Waals surface area contributed by atoms with Gasteiger partial charge in [0.15, 0.2) is 0 Å². The van der Waals surface area contributed by atoms with E-state index in [1.807, 2.05) is 0 Å². The highest BCUT2D eigenvalue weighted by molar-refractivity contribution is 5.85. The summed E-state index contributed by atoms with van der Waals surface area (Å²) >= 11 is 0. The van der Waals surface area contributed by atoms with Crippen LogP contribution in [0.15, 0.2) is 24.3 Å². The first-order valence-electron chi connectivity index (χ1n) is 8.01. The van der Waals surface area contributed by atoms with Crippen LogP contribution in [0.4, 0.5) is 0 Å². The Kier molecular flexibility index (Phi) is 2.56. The maximum Gasteiger partial charge on any atom is 0.124 e. The third-order valence-electron chi connectivity index (χ3n) is 5.58. The second-order valence-electron chi connectivity index (χ2n) is 7.66. The Bertz CT molecular complexity index is 652. The molecule has 0 unspecified atom stereocenters. The second kappa shape index (κ2) is 4.11. The highest BCUT2D eigenvalue weighted by atomic mass is 15.0. The van der Waals surface area contributed by atoms with Gasteiger partial charge < -0.3 is 10.3 Å². The van der Waals surface area contributed by atoms with Crippen LogP contribution in [0, 0.1) is 5.41 Å². The predicted octanol–water partition coefficient (Wildman–Crippen LogP) is 3.47. The van der Waals surface area contributed by atoms with Crippen LogP contribution in [0.5, 0.6) is 0 Å². The zero-order valence-corrected chi connectivity index (χ0v) is 12.7. The highest BCUT2D eigenvalue weighted by Gasteiger charge is 2.44. The number of fused-ring (bicyclic) bond motifs is 5. The summed E-state index contributed by atoms with van der Waals surface area (Å²) in [6.45, 7) is 7.23. The molecule has 20 heavy (non-hydrogen) atoms. The molecular formula is C18H25N2+. The molecule has 1 fully saturated rings. The van der Waals surface area contributed by atoms with Crippen molar-refractivity contribution in [1.29, 1.82) is 0 Å². The maximum absolute atomic E-state index is 3.69. The predicted molar refractivity (Wildman–Crippen MR) is 82.8 cm³/mol. The molecule has 3 N–H and O–H groups in total. The van der Waals surface area contributed by atoms with E-state index in [1.54, 1.807) is 5.56 Å². The molecule has 1 saturated carbocycles. The van der Waals surface area contributed by atoms with Gasteiger partial charge in [-0.05, 0) is 36.8 Å². The Hall–Kier alpha value is -1.28. The van der Waals surface area contributed by atoms with Crippen LogP contribution in [0.1, 0.15) is 63.3 Å². The van der Waals surface area contributed by atoms with Crippen LogP contribution in [-0.2, 0) is 0 Å². The number of aromatic amines is 1. The lowest BCUT2D eigenvalue weighted by Crippen LogP contribution is -2.93. The van der Waals surface area contributed by atoms with Crippen molar-refractivity contribution in [2.24, 2.45) is 5.41 Å². The molecule has 2 aromatic rings. The van der Waals surface area contributed by atoms with Gasteiger partial charge >= 0.3 is 0 Å². The molecule has 106 valence electrons. The van der Waals surface area contributed by atoms with Gasteiger partial charge in [-0.15, -0.1) is 0 Å². The average molecular weight is 269 g/mol. The Morgan fingerprint density at radius 3 is 2.90 bits per heavy atom. The average Bonchev–Trinajstić information content (AvgIpc) is 2.78. The molecule has 1 aliphatic heterocycles. The van der Waals surface area contributed by atoms with Gasteiger partial charge in [0, 0.05) is 23.2 Å². The standard InChI is InChI=1S/C18H24N2/c1-11-17-16(12-6-4-5-7-14(12)20-17)13-8-9-18(2,3)10-15(13)19-11/h4-7,11,13,15,19-20H,8-10H2,1-3H3/p+1/t11-,13+,15+/m1/s1. The van der Waals surface area contributed by atoms with E-state index in [2.05, 4.69) is 55.3 Å². The van der Waals surface area contributed by atoms with E-state index in [9.17, 15) is 0 Å². The molecule has 1 aromatic carbocycles. The first-order chi connectivity index (χ1) is 9.55. The zero-order chi connectivity index (χ0) is 13.9. The van der Waals surface area contributed by atoms with E-state index in [4.69, 9.17) is 0 Å². The van der Waals surface area contributed by atoms with Gasteiger partial charge in [-0.25, -0.2) is 0 Å². The lowest BCUT2D eigenvalue weighted by atomic mass is 9.66. The molecule has 0 saturated heterocycles. The number of H-pyrrole nitrogens is 1. The van der Waals surface area contributed by atoms with Crippen molar-refractivity contribution in [2.45, 2.75) is 58.0 Å². The van der Waals surface area contributed by atoms with E-state index in [0.29, 0.717) is 11.5 Å². The summed E-state index contributed by atoms with van der Waals surface area (Å²) in [4.78, 5) is 3.69. The summed E-state index contributed by atoms with van der Waals surface area (Å²) in [5, 5.41) is 4.08. The number of para-hydroxylation sites is 1. The van der Waals surface area contributed by atoms with Crippen LogP contribution < -0.4 is 5.32 Å². The Morgan fingerprint density at radius 2 is 2.05 bits per heavy atom. The fraction of sp³-hybridized carbons (Fsp3) is 0.556. The van der Waals surface area contributed by atoms with E-state index >= 15 is 0 Å². The summed E-state index contributed by atoms with van der Waals surface area (Å²) in [5.74, 6) is 0.741. The smallest absolute Gasteiger partial charge is 0.124 e. The lowest BCUT2D eigenvalue weighted by Gasteiger charge is -2.43. The minimum atomic E-state index is 0.515. The van der Waals surface area contributed by atoms with Crippen molar-refractivity contribution in [2.75, 3.05) is 0 Å². The first-order valence-corrected chi connectivity index (χ1v) is 8.01. The zero-order valence-electron chi connectivity index (χ0n) is 12.7. The van der Waals surface area contributed by atoms with E-state index in [0.717, 1.165) is 12.0 Å². The van der Waals surface area contributed by atoms with Crippen molar-refractivity contribution in [3.05, 3.63) is 35.5 Å². The van der Waals surface area contributed by atoms with E-state index < -0.39 is 0 Å². The quantitative estimate of drug-likeness (QED) is 0.734. The van der Waals surface area contributed by atoms with Gasteiger partial charge in [-0.3, -0.25) is 0 Å². The van der Waals surface area contributed by atoms with Crippen LogP contribution in [-0.4, -0.2) is 11.0 Å². The van der Waals surface area contributed by atoms with Gasteiger partial charge in [-0.2, -0.15) is 0 Å². The fourth-order valence-corrected chi connectivity index (χ4v) is 4.61. The van der Waals surface area contributed by atoms with Crippen LogP contribution in [0.25, 0.3) is 10.9 Å². The van der Waals surface area contributed by atoms with Gasteiger partial charge in [0.25, 0.3) is 0 Å². The number of aromatic nitrogens is 1. The number of hydrogen-bond donors (Lipinski definition) is 2. The number of nitrogens with one attached hydrogen (secondary N) is 1. The third-order valence-corrected chi connectivity index (χ3v) is 5.58. The first kappa shape index (κ1) is 12.5. The largest absolute Gasteiger partial charge is 0.353 e. The molecule has 4 rings (SSSR count). The van der Waals surface area contributed by atoms with Gasteiger partial charge in [0.05, 0.1) is 11.7 Å². The van der Waals surface area contributed by atoms with Gasteiger partial charge in [0.2, 0.25) is 0 Å². The summed E-state index contributed by atoms with van der Waals surface area (Å²) in [5.41, 5.74) is 4.95. The summed E-state index contributed by atoms with van der Waals surface area (Å²) in [7, 11) is 0. The van der Waals surface area contributed by atoms with Crippen molar-refractivity contribution in [3.8, 4) is 0 Å². The molecule has 2 heterocycles. The molecule has 0 spiro atoms. The molecule has 2 nitrogen and oxygen atoms in total. The monoisotopic (exact) mass is 269 g/mol. The van der Waals surface area contributed by atoms with Crippen LogP contribution >= 0.6 is 0 Å². The molecule has 3 atom stereocenters. The molecule has 0 radical (unpaired) electrons. The second-order valence-corrected chi connectivity index (χ2v) is 7.66. The van der Waals surface area contributed by atoms with E-state index in [1.165, 1.54) is 35.9 Å². The van der Waals surface area contributed by atoms with Gasteiger partial charge in [0.1, 0.15) is 6.04 Å². The van der Waals surface area contributed by atoms with Crippen molar-refractivity contribution < 1.29 is 5.32 Å². The van der Waals surface area contributed by atoms with Gasteiger partial charge in [-0.1, -0.05) is 32.0 Å². The number of hydrogen-bond acceptors (Lipinski definition) is 0. The Morgan fingerprint density at radius 1 is 1.25 bits per heavy atom. The fourth-order valence-electron chi connectivity index (χ4n) is 4.61. The minimum absolute atomic E-state index is 0.515. The van der Waals surface area contributed by atoms with Crippen LogP contribution in [0.3, 0.4) is 0 Å². The molecule has 1 aliphatic carbocycles. The van der Waals surface area contributed by atoms with Crippen molar-refractivity contribution in [1.82, 2.24) is 4.98 Å². The minimum Gasteiger partial charge on any atom is -0.353 e. The third kappa shape index (κ3) is 1.74. The highest BCUT2D eigenvalue weighted by Crippen LogP contribution is 2.46. The number of quaternary nitrogens is 1. The SMILES string of the molecule is C[C@H]1[NH2+][C@H]2CC(C)(C)CC[C@@H]2c2c1[nH]c1ccccc21. The number of rotatable bonds is 0. The van der Waals surface area contributed by atoms with Crippen molar-refractivity contribution in [3.63, 3.8) is 0 Å². The summed E-state index contributed by atoms with van der Waals surface area (Å²) in [6.07, 6.45) is 4.05. The Labute approximate surface area is 121 Å². The lowest BCUT2D eigenvalue weighted by molar-refractivity contribution is -0.735. The molecule has 0 bridgehead atoms. The molecule has 2 heteroatoms. The molecule has 0 amide bonds. The van der Waals surface area contributed by atoms with E-state index in [-0.39, 0.29) is 0 Å².